The third kappa shape index (κ3) is 4.06. The van der Waals surface area contributed by atoms with Gasteiger partial charge in [0, 0.05) is 18.6 Å². The zero-order valence-corrected chi connectivity index (χ0v) is 18.3. The molecule has 0 spiro atoms. The van der Waals surface area contributed by atoms with Gasteiger partial charge in [0.2, 0.25) is 0 Å². The lowest BCUT2D eigenvalue weighted by Crippen LogP contribution is -2.27. The molecule has 32 heavy (non-hydrogen) atoms. The Morgan fingerprint density at radius 3 is 2.38 bits per heavy atom. The SMILES string of the molecule is COc1ccc(C2=NN(S(=O)(=O)c3ccc(C)cc3)C(c3cccc([N+](=O)[O-])c3)C2)cc1. The zero-order valence-electron chi connectivity index (χ0n) is 17.5. The van der Waals surface area contributed by atoms with Crippen molar-refractivity contribution >= 4 is 21.4 Å². The fourth-order valence-corrected chi connectivity index (χ4v) is 5.01. The Hall–Kier alpha value is -3.72. The molecule has 0 aliphatic carbocycles. The van der Waals surface area contributed by atoms with Crippen LogP contribution in [0.4, 0.5) is 5.69 Å². The molecule has 0 bridgehead atoms. The number of non-ortho nitro benzene ring substituents is 1. The van der Waals surface area contributed by atoms with Gasteiger partial charge in [-0.15, -0.1) is 0 Å². The summed E-state index contributed by atoms with van der Waals surface area (Å²) in [6.45, 7) is 1.87. The van der Waals surface area contributed by atoms with Crippen LogP contribution in [0.25, 0.3) is 0 Å². The highest BCUT2D eigenvalue weighted by Gasteiger charge is 2.38. The van der Waals surface area contributed by atoms with Gasteiger partial charge in [-0.05, 0) is 54.4 Å². The number of hydrogen-bond donors (Lipinski definition) is 0. The molecule has 0 radical (unpaired) electrons. The molecule has 0 aromatic heterocycles. The summed E-state index contributed by atoms with van der Waals surface area (Å²) in [5.74, 6) is 0.673. The van der Waals surface area contributed by atoms with E-state index in [-0.39, 0.29) is 17.0 Å². The van der Waals surface area contributed by atoms with Crippen molar-refractivity contribution in [2.45, 2.75) is 24.3 Å². The van der Waals surface area contributed by atoms with Crippen LogP contribution in [0.3, 0.4) is 0 Å². The number of benzene rings is 3. The van der Waals surface area contributed by atoms with E-state index in [2.05, 4.69) is 5.10 Å². The summed E-state index contributed by atoms with van der Waals surface area (Å²) in [5, 5.41) is 15.7. The van der Waals surface area contributed by atoms with Crippen LogP contribution in [0.15, 0.2) is 82.8 Å². The van der Waals surface area contributed by atoms with E-state index in [0.29, 0.717) is 17.0 Å². The maximum atomic E-state index is 13.5. The van der Waals surface area contributed by atoms with E-state index in [1.807, 2.05) is 19.1 Å². The molecule has 1 unspecified atom stereocenters. The number of methoxy groups -OCH3 is 1. The predicted octanol–water partition coefficient (Wildman–Crippen LogP) is 4.45. The molecule has 1 aliphatic heterocycles. The van der Waals surface area contributed by atoms with Gasteiger partial charge in [-0.2, -0.15) is 17.9 Å². The number of nitro groups is 1. The van der Waals surface area contributed by atoms with Crippen LogP contribution in [-0.4, -0.2) is 30.6 Å². The van der Waals surface area contributed by atoms with Crippen molar-refractivity contribution in [3.8, 4) is 5.75 Å². The Balaban J connectivity index is 1.80. The normalized spacial score (nSPS) is 16.0. The highest BCUT2D eigenvalue weighted by molar-refractivity contribution is 7.89. The van der Waals surface area contributed by atoms with Crippen LogP contribution in [0.2, 0.25) is 0 Å². The van der Waals surface area contributed by atoms with Crippen LogP contribution >= 0.6 is 0 Å². The molecule has 0 fully saturated rings. The molecule has 1 atom stereocenters. The Kier molecular flexibility index (Phi) is 5.67. The fourth-order valence-electron chi connectivity index (χ4n) is 3.58. The molecule has 9 heteroatoms. The van der Waals surface area contributed by atoms with Crippen molar-refractivity contribution in [2.24, 2.45) is 5.10 Å². The molecule has 1 heterocycles. The fraction of sp³-hybridized carbons (Fsp3) is 0.174. The van der Waals surface area contributed by atoms with Gasteiger partial charge < -0.3 is 4.74 Å². The standard InChI is InChI=1S/C23H21N3O5S/c1-16-6-12-21(13-7-16)32(29,30)25-23(18-4-3-5-19(14-18)26(27)28)15-22(24-25)17-8-10-20(31-2)11-9-17/h3-14,23H,15H2,1-2H3. The molecule has 0 amide bonds. The minimum absolute atomic E-state index is 0.104. The van der Waals surface area contributed by atoms with Crippen LogP contribution in [0.5, 0.6) is 5.75 Å². The second-order valence-electron chi connectivity index (χ2n) is 7.44. The first-order chi connectivity index (χ1) is 15.3. The van der Waals surface area contributed by atoms with Crippen molar-refractivity contribution < 1.29 is 18.1 Å². The summed E-state index contributed by atoms with van der Waals surface area (Å²) in [7, 11) is -2.42. The van der Waals surface area contributed by atoms with Gasteiger partial charge in [-0.3, -0.25) is 10.1 Å². The highest BCUT2D eigenvalue weighted by atomic mass is 32.2. The van der Waals surface area contributed by atoms with Crippen LogP contribution in [0.1, 0.15) is 29.2 Å². The van der Waals surface area contributed by atoms with Crippen LogP contribution in [0, 0.1) is 17.0 Å². The van der Waals surface area contributed by atoms with E-state index in [0.717, 1.165) is 15.5 Å². The number of nitrogens with zero attached hydrogens (tertiary/aromatic N) is 3. The number of aryl methyl sites for hydroxylation is 1. The number of hydrogen-bond acceptors (Lipinski definition) is 6. The lowest BCUT2D eigenvalue weighted by molar-refractivity contribution is -0.384. The topological polar surface area (TPSA) is 102 Å². The van der Waals surface area contributed by atoms with Crippen molar-refractivity contribution in [3.05, 3.63) is 99.6 Å². The molecular formula is C23H21N3O5S. The van der Waals surface area contributed by atoms with Gasteiger partial charge in [0.1, 0.15) is 5.75 Å². The van der Waals surface area contributed by atoms with Gasteiger partial charge in [0.25, 0.3) is 15.7 Å². The van der Waals surface area contributed by atoms with Crippen molar-refractivity contribution in [1.29, 1.82) is 0 Å². The predicted molar refractivity (Wildman–Crippen MR) is 120 cm³/mol. The monoisotopic (exact) mass is 451 g/mol. The molecule has 164 valence electrons. The van der Waals surface area contributed by atoms with Gasteiger partial charge in [-0.25, -0.2) is 0 Å². The molecular weight excluding hydrogens is 430 g/mol. The van der Waals surface area contributed by atoms with E-state index < -0.39 is 21.0 Å². The summed E-state index contributed by atoms with van der Waals surface area (Å²) >= 11 is 0. The van der Waals surface area contributed by atoms with Gasteiger partial charge >= 0.3 is 0 Å². The smallest absolute Gasteiger partial charge is 0.279 e. The second-order valence-corrected chi connectivity index (χ2v) is 9.23. The van der Waals surface area contributed by atoms with E-state index in [4.69, 9.17) is 4.74 Å². The summed E-state index contributed by atoms with van der Waals surface area (Å²) in [6.07, 6.45) is 0.276. The van der Waals surface area contributed by atoms with E-state index in [9.17, 15) is 18.5 Å². The highest BCUT2D eigenvalue weighted by Crippen LogP contribution is 2.38. The lowest BCUT2D eigenvalue weighted by Gasteiger charge is -2.23. The number of sulfonamides is 1. The second kappa shape index (κ2) is 8.43. The lowest BCUT2D eigenvalue weighted by atomic mass is 9.99. The van der Waals surface area contributed by atoms with Crippen LogP contribution < -0.4 is 4.74 Å². The molecule has 3 aromatic rings. The summed E-state index contributed by atoms with van der Waals surface area (Å²) in [4.78, 5) is 10.9. The quantitative estimate of drug-likeness (QED) is 0.407. The van der Waals surface area contributed by atoms with E-state index in [1.165, 1.54) is 24.3 Å². The molecule has 0 saturated carbocycles. The Labute approximate surface area is 186 Å². The number of ether oxygens (including phenoxy) is 1. The molecule has 0 N–H and O–H groups in total. The maximum Gasteiger partial charge on any atom is 0.279 e. The van der Waals surface area contributed by atoms with Gasteiger partial charge in [0.05, 0.1) is 28.7 Å². The van der Waals surface area contributed by atoms with Crippen molar-refractivity contribution in [1.82, 2.24) is 4.41 Å². The molecule has 3 aromatic carbocycles. The Morgan fingerprint density at radius 1 is 1.06 bits per heavy atom. The number of nitro benzene ring substituents is 1. The molecule has 4 rings (SSSR count). The maximum absolute atomic E-state index is 13.5. The Morgan fingerprint density at radius 2 is 1.75 bits per heavy atom. The van der Waals surface area contributed by atoms with E-state index >= 15 is 0 Å². The molecule has 8 nitrogen and oxygen atoms in total. The van der Waals surface area contributed by atoms with Gasteiger partial charge in [0.15, 0.2) is 0 Å². The van der Waals surface area contributed by atoms with Crippen molar-refractivity contribution in [2.75, 3.05) is 7.11 Å². The molecule has 0 saturated heterocycles. The summed E-state index contributed by atoms with van der Waals surface area (Å²) < 4.78 is 33.2. The largest absolute Gasteiger partial charge is 0.497 e. The zero-order chi connectivity index (χ0) is 22.9. The number of hydrazone groups is 1. The first kappa shape index (κ1) is 21.5. The van der Waals surface area contributed by atoms with E-state index in [1.54, 1.807) is 43.5 Å². The molecule has 1 aliphatic rings. The summed E-state index contributed by atoms with van der Waals surface area (Å²) in [5.41, 5.74) is 2.65. The Bertz CT molecular complexity index is 1290. The first-order valence-corrected chi connectivity index (χ1v) is 11.3. The third-order valence-electron chi connectivity index (χ3n) is 5.33. The third-order valence-corrected chi connectivity index (χ3v) is 7.02. The van der Waals surface area contributed by atoms with Crippen LogP contribution in [-0.2, 0) is 10.0 Å². The number of rotatable bonds is 6. The average molecular weight is 452 g/mol. The van der Waals surface area contributed by atoms with Crippen molar-refractivity contribution in [3.63, 3.8) is 0 Å². The van der Waals surface area contributed by atoms with Gasteiger partial charge in [-0.1, -0.05) is 29.8 Å². The minimum atomic E-state index is -3.99. The average Bonchev–Trinajstić information content (AvgIpc) is 3.26. The first-order valence-electron chi connectivity index (χ1n) is 9.87. The minimum Gasteiger partial charge on any atom is -0.497 e. The summed E-state index contributed by atoms with van der Waals surface area (Å²) in [6, 6.07) is 19.0.